The second kappa shape index (κ2) is 5.38. The molecule has 0 unspecified atom stereocenters. The van der Waals surface area contributed by atoms with Crippen molar-refractivity contribution in [2.24, 2.45) is 0 Å². The van der Waals surface area contributed by atoms with Crippen LogP contribution in [0.1, 0.15) is 17.5 Å². The SMILES string of the molecule is CCOc1cc(N)cc(-n2cnc(C(=O)OC)n2)c1. The monoisotopic (exact) mass is 262 g/mol. The van der Waals surface area contributed by atoms with Gasteiger partial charge in [0, 0.05) is 17.8 Å². The van der Waals surface area contributed by atoms with Gasteiger partial charge in [-0.05, 0) is 13.0 Å². The van der Waals surface area contributed by atoms with E-state index in [9.17, 15) is 4.79 Å². The average Bonchev–Trinajstić information content (AvgIpc) is 2.87. The van der Waals surface area contributed by atoms with Crippen LogP contribution in [0.5, 0.6) is 5.75 Å². The molecule has 1 aromatic heterocycles. The second-order valence-electron chi connectivity index (χ2n) is 3.70. The molecule has 0 fully saturated rings. The summed E-state index contributed by atoms with van der Waals surface area (Å²) < 4.78 is 11.4. The number of nitrogen functional groups attached to an aromatic ring is 1. The van der Waals surface area contributed by atoms with E-state index in [-0.39, 0.29) is 5.82 Å². The number of ether oxygens (including phenoxy) is 2. The topological polar surface area (TPSA) is 92.3 Å². The first kappa shape index (κ1) is 12.9. The van der Waals surface area contributed by atoms with Crippen molar-refractivity contribution in [2.45, 2.75) is 6.92 Å². The van der Waals surface area contributed by atoms with Crippen molar-refractivity contribution >= 4 is 11.7 Å². The highest BCUT2D eigenvalue weighted by atomic mass is 16.5. The number of anilines is 1. The van der Waals surface area contributed by atoms with E-state index in [1.54, 1.807) is 18.2 Å². The van der Waals surface area contributed by atoms with E-state index in [1.165, 1.54) is 18.1 Å². The zero-order valence-electron chi connectivity index (χ0n) is 10.7. The van der Waals surface area contributed by atoms with Gasteiger partial charge in [-0.25, -0.2) is 14.5 Å². The lowest BCUT2D eigenvalue weighted by atomic mass is 10.2. The molecule has 2 N–H and O–H groups in total. The van der Waals surface area contributed by atoms with Gasteiger partial charge in [-0.15, -0.1) is 5.10 Å². The maximum atomic E-state index is 11.3. The first-order valence-corrected chi connectivity index (χ1v) is 5.67. The molecular weight excluding hydrogens is 248 g/mol. The summed E-state index contributed by atoms with van der Waals surface area (Å²) in [5.41, 5.74) is 6.98. The number of rotatable bonds is 4. The van der Waals surface area contributed by atoms with Crippen molar-refractivity contribution in [2.75, 3.05) is 19.5 Å². The van der Waals surface area contributed by atoms with Crippen molar-refractivity contribution in [1.29, 1.82) is 0 Å². The van der Waals surface area contributed by atoms with Gasteiger partial charge in [-0.3, -0.25) is 0 Å². The highest BCUT2D eigenvalue weighted by molar-refractivity contribution is 5.84. The van der Waals surface area contributed by atoms with Gasteiger partial charge in [0.2, 0.25) is 0 Å². The van der Waals surface area contributed by atoms with Gasteiger partial charge >= 0.3 is 5.97 Å². The van der Waals surface area contributed by atoms with Crippen LogP contribution in [0.15, 0.2) is 24.5 Å². The van der Waals surface area contributed by atoms with E-state index in [0.29, 0.717) is 23.7 Å². The Hall–Kier alpha value is -2.57. The molecule has 0 aliphatic rings. The van der Waals surface area contributed by atoms with Crippen LogP contribution in [0.25, 0.3) is 5.69 Å². The normalized spacial score (nSPS) is 10.2. The number of carbonyl (C=O) groups excluding carboxylic acids is 1. The summed E-state index contributed by atoms with van der Waals surface area (Å²) >= 11 is 0. The Labute approximate surface area is 110 Å². The first-order chi connectivity index (χ1) is 9.13. The predicted molar refractivity (Wildman–Crippen MR) is 68.3 cm³/mol. The molecule has 0 bridgehead atoms. The smallest absolute Gasteiger partial charge is 0.377 e. The zero-order chi connectivity index (χ0) is 13.8. The first-order valence-electron chi connectivity index (χ1n) is 5.67. The molecule has 2 rings (SSSR count). The largest absolute Gasteiger partial charge is 0.494 e. The molecule has 7 heteroatoms. The van der Waals surface area contributed by atoms with Crippen LogP contribution in [0.2, 0.25) is 0 Å². The molecule has 0 aliphatic carbocycles. The van der Waals surface area contributed by atoms with Crippen molar-refractivity contribution in [3.63, 3.8) is 0 Å². The minimum absolute atomic E-state index is 0.0112. The fourth-order valence-corrected chi connectivity index (χ4v) is 1.56. The average molecular weight is 262 g/mol. The molecule has 100 valence electrons. The fourth-order valence-electron chi connectivity index (χ4n) is 1.56. The third-order valence-electron chi connectivity index (χ3n) is 2.35. The minimum atomic E-state index is -0.590. The van der Waals surface area contributed by atoms with Crippen LogP contribution >= 0.6 is 0 Å². The molecular formula is C12H14N4O3. The molecule has 1 heterocycles. The Morgan fingerprint density at radius 2 is 2.21 bits per heavy atom. The summed E-state index contributed by atoms with van der Waals surface area (Å²) in [5.74, 6) is 0.0307. The summed E-state index contributed by atoms with van der Waals surface area (Å²) in [7, 11) is 1.27. The van der Waals surface area contributed by atoms with E-state index >= 15 is 0 Å². The summed E-state index contributed by atoms with van der Waals surface area (Å²) in [6.45, 7) is 2.42. The Kier molecular flexibility index (Phi) is 3.65. The van der Waals surface area contributed by atoms with E-state index in [2.05, 4.69) is 14.8 Å². The van der Waals surface area contributed by atoms with Crippen LogP contribution < -0.4 is 10.5 Å². The lowest BCUT2D eigenvalue weighted by molar-refractivity contribution is 0.0587. The minimum Gasteiger partial charge on any atom is -0.494 e. The Bertz CT molecular complexity index is 594. The maximum Gasteiger partial charge on any atom is 0.377 e. The molecule has 1 aromatic carbocycles. The van der Waals surface area contributed by atoms with E-state index in [1.807, 2.05) is 6.92 Å². The Morgan fingerprint density at radius 3 is 2.89 bits per heavy atom. The fraction of sp³-hybridized carbons (Fsp3) is 0.250. The molecule has 0 atom stereocenters. The second-order valence-corrected chi connectivity index (χ2v) is 3.70. The van der Waals surface area contributed by atoms with Crippen molar-refractivity contribution < 1.29 is 14.3 Å². The number of nitrogens with two attached hydrogens (primary N) is 1. The van der Waals surface area contributed by atoms with E-state index in [4.69, 9.17) is 10.5 Å². The summed E-state index contributed by atoms with van der Waals surface area (Å²) in [6.07, 6.45) is 1.41. The predicted octanol–water partition coefficient (Wildman–Crippen LogP) is 1.03. The number of methoxy groups -OCH3 is 1. The van der Waals surface area contributed by atoms with Gasteiger partial charge in [0.05, 0.1) is 19.4 Å². The third-order valence-corrected chi connectivity index (χ3v) is 2.35. The van der Waals surface area contributed by atoms with Crippen molar-refractivity contribution in [3.8, 4) is 11.4 Å². The highest BCUT2D eigenvalue weighted by Crippen LogP contribution is 2.21. The van der Waals surface area contributed by atoms with Gasteiger partial charge in [-0.1, -0.05) is 0 Å². The van der Waals surface area contributed by atoms with E-state index in [0.717, 1.165) is 0 Å². The quantitative estimate of drug-likeness (QED) is 0.653. The van der Waals surface area contributed by atoms with Gasteiger partial charge in [0.1, 0.15) is 12.1 Å². The number of aromatic nitrogens is 3. The molecule has 0 radical (unpaired) electrons. The number of carbonyl (C=O) groups is 1. The number of hydrogen-bond donors (Lipinski definition) is 1. The van der Waals surface area contributed by atoms with Crippen molar-refractivity contribution in [3.05, 3.63) is 30.4 Å². The van der Waals surface area contributed by atoms with Crippen molar-refractivity contribution in [1.82, 2.24) is 14.8 Å². The Morgan fingerprint density at radius 1 is 1.42 bits per heavy atom. The summed E-state index contributed by atoms with van der Waals surface area (Å²) in [4.78, 5) is 15.1. The number of hydrogen-bond acceptors (Lipinski definition) is 6. The van der Waals surface area contributed by atoms with Gasteiger partial charge in [-0.2, -0.15) is 0 Å². The maximum absolute atomic E-state index is 11.3. The summed E-state index contributed by atoms with van der Waals surface area (Å²) in [5, 5.41) is 4.01. The van der Waals surface area contributed by atoms with Gasteiger partial charge in [0.15, 0.2) is 0 Å². The van der Waals surface area contributed by atoms with Gasteiger partial charge < -0.3 is 15.2 Å². The highest BCUT2D eigenvalue weighted by Gasteiger charge is 2.12. The lowest BCUT2D eigenvalue weighted by Crippen LogP contribution is -2.05. The Balaban J connectivity index is 2.35. The molecule has 7 nitrogen and oxygen atoms in total. The number of esters is 1. The molecule has 0 aliphatic heterocycles. The van der Waals surface area contributed by atoms with Gasteiger partial charge in [0.25, 0.3) is 5.82 Å². The molecule has 0 saturated heterocycles. The van der Waals surface area contributed by atoms with Crippen LogP contribution in [0.4, 0.5) is 5.69 Å². The lowest BCUT2D eigenvalue weighted by Gasteiger charge is -2.07. The molecule has 0 spiro atoms. The number of nitrogens with zero attached hydrogens (tertiary/aromatic N) is 3. The van der Waals surface area contributed by atoms with Crippen LogP contribution in [0, 0.1) is 0 Å². The summed E-state index contributed by atoms with van der Waals surface area (Å²) in [6, 6.07) is 5.18. The number of benzene rings is 1. The van der Waals surface area contributed by atoms with Crippen LogP contribution in [0.3, 0.4) is 0 Å². The van der Waals surface area contributed by atoms with Crippen LogP contribution in [-0.2, 0) is 4.74 Å². The molecule has 0 amide bonds. The van der Waals surface area contributed by atoms with E-state index < -0.39 is 5.97 Å². The molecule has 2 aromatic rings. The third kappa shape index (κ3) is 2.82. The standard InChI is InChI=1S/C12H14N4O3/c1-3-19-10-5-8(13)4-9(6-10)16-7-14-11(15-16)12(17)18-2/h4-7H,3,13H2,1-2H3. The molecule has 19 heavy (non-hydrogen) atoms. The zero-order valence-corrected chi connectivity index (χ0v) is 10.7. The van der Waals surface area contributed by atoms with Crippen LogP contribution in [-0.4, -0.2) is 34.5 Å². The molecule has 0 saturated carbocycles.